The number of ether oxygens (including phenoxy) is 1. The van der Waals surface area contributed by atoms with Crippen LogP contribution in [0.5, 0.6) is 5.75 Å². The predicted molar refractivity (Wildman–Crippen MR) is 64.2 cm³/mol. The molecule has 0 heterocycles. The lowest BCUT2D eigenvalue weighted by atomic mass is 10.1. The summed E-state index contributed by atoms with van der Waals surface area (Å²) in [6.07, 6.45) is 3.47. The molecule has 2 heteroatoms. The average molecular weight is 207 g/mol. The van der Waals surface area contributed by atoms with Crippen LogP contribution in [0.15, 0.2) is 24.3 Å². The van der Waals surface area contributed by atoms with Gasteiger partial charge in [-0.05, 0) is 44.0 Å². The molecule has 1 aromatic carbocycles. The number of hydrogen-bond donors (Lipinski definition) is 1. The molecule has 0 saturated heterocycles. The summed E-state index contributed by atoms with van der Waals surface area (Å²) in [7, 11) is 0. The zero-order valence-electron chi connectivity index (χ0n) is 9.70. The van der Waals surface area contributed by atoms with Crippen LogP contribution in [0.2, 0.25) is 0 Å². The smallest absolute Gasteiger partial charge is 0.119 e. The van der Waals surface area contributed by atoms with Crippen LogP contribution in [0, 0.1) is 0 Å². The molecule has 0 fully saturated rings. The van der Waals surface area contributed by atoms with Crippen LogP contribution >= 0.6 is 0 Å². The summed E-state index contributed by atoms with van der Waals surface area (Å²) in [5.41, 5.74) is 6.77. The first-order chi connectivity index (χ1) is 7.26. The molecule has 0 aliphatic carbocycles. The minimum Gasteiger partial charge on any atom is -0.491 e. The van der Waals surface area contributed by atoms with Gasteiger partial charge in [-0.25, -0.2) is 0 Å². The van der Waals surface area contributed by atoms with E-state index in [0.29, 0.717) is 12.6 Å². The molecular weight excluding hydrogens is 186 g/mol. The number of nitrogens with two attached hydrogens (primary N) is 1. The van der Waals surface area contributed by atoms with Gasteiger partial charge in [-0.2, -0.15) is 0 Å². The van der Waals surface area contributed by atoms with Gasteiger partial charge in [-0.1, -0.05) is 25.5 Å². The fourth-order valence-electron chi connectivity index (χ4n) is 1.64. The van der Waals surface area contributed by atoms with Crippen molar-refractivity contribution in [3.63, 3.8) is 0 Å². The molecular formula is C13H21NO. The molecule has 2 nitrogen and oxygen atoms in total. The maximum Gasteiger partial charge on any atom is 0.119 e. The van der Waals surface area contributed by atoms with Crippen molar-refractivity contribution in [2.75, 3.05) is 6.54 Å². The highest BCUT2D eigenvalue weighted by Crippen LogP contribution is 2.16. The summed E-state index contributed by atoms with van der Waals surface area (Å²) in [6.45, 7) is 4.97. The Bertz CT molecular complexity index is 286. The second kappa shape index (κ2) is 6.46. The lowest BCUT2D eigenvalue weighted by Gasteiger charge is -2.14. The second-order valence-corrected chi connectivity index (χ2v) is 3.90. The predicted octanol–water partition coefficient (Wildman–Crippen LogP) is 2.76. The van der Waals surface area contributed by atoms with Crippen LogP contribution in [0.1, 0.15) is 32.3 Å². The first-order valence-corrected chi connectivity index (χ1v) is 5.72. The van der Waals surface area contributed by atoms with E-state index in [9.17, 15) is 0 Å². The molecule has 0 radical (unpaired) electrons. The third-order valence-electron chi connectivity index (χ3n) is 2.36. The van der Waals surface area contributed by atoms with Gasteiger partial charge >= 0.3 is 0 Å². The van der Waals surface area contributed by atoms with Crippen molar-refractivity contribution < 1.29 is 4.74 Å². The monoisotopic (exact) mass is 207 g/mol. The van der Waals surface area contributed by atoms with Crippen LogP contribution in [0.25, 0.3) is 0 Å². The summed E-state index contributed by atoms with van der Waals surface area (Å²) in [4.78, 5) is 0. The van der Waals surface area contributed by atoms with Crippen molar-refractivity contribution in [1.82, 2.24) is 0 Å². The Balaban J connectivity index is 2.56. The molecule has 15 heavy (non-hydrogen) atoms. The van der Waals surface area contributed by atoms with E-state index >= 15 is 0 Å². The Morgan fingerprint density at radius 2 is 2.20 bits per heavy atom. The lowest BCUT2D eigenvalue weighted by Crippen LogP contribution is -2.11. The first kappa shape index (κ1) is 12.1. The maximum atomic E-state index is 5.80. The fraction of sp³-hybridized carbons (Fsp3) is 0.538. The van der Waals surface area contributed by atoms with Crippen LogP contribution in [-0.2, 0) is 6.42 Å². The van der Waals surface area contributed by atoms with E-state index in [2.05, 4.69) is 26.0 Å². The molecule has 0 aliphatic heterocycles. The van der Waals surface area contributed by atoms with Gasteiger partial charge in [0, 0.05) is 0 Å². The second-order valence-electron chi connectivity index (χ2n) is 3.90. The minimum absolute atomic E-state index is 0.295. The van der Waals surface area contributed by atoms with Gasteiger partial charge in [0.1, 0.15) is 5.75 Å². The van der Waals surface area contributed by atoms with Gasteiger partial charge in [0.05, 0.1) is 6.10 Å². The third kappa shape index (κ3) is 4.34. The van der Waals surface area contributed by atoms with E-state index in [1.165, 1.54) is 5.56 Å². The molecule has 1 rings (SSSR count). The summed E-state index contributed by atoms with van der Waals surface area (Å²) in [6, 6.07) is 8.20. The molecule has 84 valence electrons. The van der Waals surface area contributed by atoms with Gasteiger partial charge in [0.15, 0.2) is 0 Å². The normalized spacial score (nSPS) is 12.5. The molecule has 0 aliphatic rings. The minimum atomic E-state index is 0.295. The topological polar surface area (TPSA) is 35.2 Å². The Labute approximate surface area is 92.4 Å². The van der Waals surface area contributed by atoms with Gasteiger partial charge < -0.3 is 10.5 Å². The van der Waals surface area contributed by atoms with E-state index in [-0.39, 0.29) is 0 Å². The van der Waals surface area contributed by atoms with Gasteiger partial charge in [0.25, 0.3) is 0 Å². The molecule has 0 aromatic heterocycles. The Morgan fingerprint density at radius 3 is 2.87 bits per heavy atom. The van der Waals surface area contributed by atoms with Crippen molar-refractivity contribution in [3.05, 3.63) is 29.8 Å². The largest absolute Gasteiger partial charge is 0.491 e. The molecule has 0 spiro atoms. The van der Waals surface area contributed by atoms with E-state index in [0.717, 1.165) is 25.0 Å². The highest BCUT2D eigenvalue weighted by atomic mass is 16.5. The van der Waals surface area contributed by atoms with Crippen molar-refractivity contribution in [2.45, 2.75) is 39.2 Å². The molecule has 0 saturated carbocycles. The van der Waals surface area contributed by atoms with Crippen molar-refractivity contribution in [1.29, 1.82) is 0 Å². The van der Waals surface area contributed by atoms with Gasteiger partial charge in [0.2, 0.25) is 0 Å². The van der Waals surface area contributed by atoms with Crippen LogP contribution in [0.3, 0.4) is 0 Å². The Kier molecular flexibility index (Phi) is 5.19. The van der Waals surface area contributed by atoms with Gasteiger partial charge in [-0.3, -0.25) is 0 Å². The Morgan fingerprint density at radius 1 is 1.40 bits per heavy atom. The van der Waals surface area contributed by atoms with E-state index in [1.807, 2.05) is 12.1 Å². The summed E-state index contributed by atoms with van der Waals surface area (Å²) < 4.78 is 5.80. The summed E-state index contributed by atoms with van der Waals surface area (Å²) in [5, 5.41) is 0. The first-order valence-electron chi connectivity index (χ1n) is 5.72. The van der Waals surface area contributed by atoms with Crippen LogP contribution in [-0.4, -0.2) is 12.6 Å². The standard InChI is InChI=1S/C13H21NO/c1-3-5-11(2)15-13-7-4-6-12(10-13)8-9-14/h4,6-7,10-11H,3,5,8-9,14H2,1-2H3. The molecule has 1 atom stereocenters. The zero-order valence-corrected chi connectivity index (χ0v) is 9.70. The van der Waals surface area contributed by atoms with Crippen molar-refractivity contribution in [3.8, 4) is 5.75 Å². The van der Waals surface area contributed by atoms with Crippen LogP contribution < -0.4 is 10.5 Å². The highest BCUT2D eigenvalue weighted by Gasteiger charge is 2.02. The van der Waals surface area contributed by atoms with E-state index in [1.54, 1.807) is 0 Å². The molecule has 1 aromatic rings. The zero-order chi connectivity index (χ0) is 11.1. The molecule has 1 unspecified atom stereocenters. The molecule has 0 bridgehead atoms. The van der Waals surface area contributed by atoms with Crippen LogP contribution in [0.4, 0.5) is 0 Å². The summed E-state index contributed by atoms with van der Waals surface area (Å²) in [5.74, 6) is 0.960. The van der Waals surface area contributed by atoms with E-state index < -0.39 is 0 Å². The lowest BCUT2D eigenvalue weighted by molar-refractivity contribution is 0.210. The maximum absolute atomic E-state index is 5.80. The third-order valence-corrected chi connectivity index (χ3v) is 2.36. The molecule has 0 amide bonds. The fourth-order valence-corrected chi connectivity index (χ4v) is 1.64. The quantitative estimate of drug-likeness (QED) is 0.778. The number of benzene rings is 1. The van der Waals surface area contributed by atoms with Crippen molar-refractivity contribution in [2.24, 2.45) is 5.73 Å². The number of rotatable bonds is 6. The Hall–Kier alpha value is -1.02. The highest BCUT2D eigenvalue weighted by molar-refractivity contribution is 5.28. The molecule has 2 N–H and O–H groups in total. The van der Waals surface area contributed by atoms with E-state index in [4.69, 9.17) is 10.5 Å². The SMILES string of the molecule is CCCC(C)Oc1cccc(CCN)c1. The van der Waals surface area contributed by atoms with Crippen molar-refractivity contribution >= 4 is 0 Å². The summed E-state index contributed by atoms with van der Waals surface area (Å²) >= 11 is 0. The number of hydrogen-bond acceptors (Lipinski definition) is 2. The van der Waals surface area contributed by atoms with Gasteiger partial charge in [-0.15, -0.1) is 0 Å². The average Bonchev–Trinajstić information content (AvgIpc) is 2.19.